The van der Waals surface area contributed by atoms with Gasteiger partial charge in [-0.25, -0.2) is 0 Å². The molecule has 0 aromatic heterocycles. The molecule has 0 heterocycles. The number of nitrogens with zero attached hydrogens (tertiary/aromatic N) is 1. The van der Waals surface area contributed by atoms with E-state index in [9.17, 15) is 9.90 Å². The molecule has 110 valence electrons. The monoisotopic (exact) mass is 276 g/mol. The van der Waals surface area contributed by atoms with Crippen molar-refractivity contribution in [1.29, 1.82) is 0 Å². The predicted molar refractivity (Wildman–Crippen MR) is 81.0 cm³/mol. The first kappa shape index (κ1) is 14.9. The largest absolute Gasteiger partial charge is 0.480 e. The topological polar surface area (TPSA) is 66.6 Å². The second kappa shape index (κ2) is 5.83. The van der Waals surface area contributed by atoms with E-state index in [4.69, 9.17) is 5.73 Å². The van der Waals surface area contributed by atoms with E-state index in [0.717, 1.165) is 19.4 Å². The van der Waals surface area contributed by atoms with Crippen molar-refractivity contribution in [2.24, 2.45) is 5.73 Å². The molecule has 2 atom stereocenters. The summed E-state index contributed by atoms with van der Waals surface area (Å²) >= 11 is 0. The van der Waals surface area contributed by atoms with Crippen molar-refractivity contribution in [2.45, 2.75) is 51.1 Å². The molecule has 0 radical (unpaired) electrons. The molecule has 4 nitrogen and oxygen atoms in total. The number of rotatable bonds is 4. The number of carbonyl (C=O) groups is 1. The minimum atomic E-state index is -1.07. The SMILES string of the molecule is CCN(c1ccccc1C)C1CCCC(N)(C(=O)O)C1. The highest BCUT2D eigenvalue weighted by Crippen LogP contribution is 2.33. The Hall–Kier alpha value is -1.55. The van der Waals surface area contributed by atoms with Gasteiger partial charge >= 0.3 is 5.97 Å². The Bertz CT molecular complexity index is 489. The maximum absolute atomic E-state index is 11.4. The lowest BCUT2D eigenvalue weighted by atomic mass is 9.79. The highest BCUT2D eigenvalue weighted by atomic mass is 16.4. The number of anilines is 1. The first-order chi connectivity index (χ1) is 9.48. The number of para-hydroxylation sites is 1. The summed E-state index contributed by atoms with van der Waals surface area (Å²) < 4.78 is 0. The Labute approximate surface area is 120 Å². The Balaban J connectivity index is 2.24. The average Bonchev–Trinajstić information content (AvgIpc) is 2.42. The molecule has 0 amide bonds. The summed E-state index contributed by atoms with van der Waals surface area (Å²) in [5.41, 5.74) is 7.41. The van der Waals surface area contributed by atoms with Crippen LogP contribution in [-0.2, 0) is 4.79 Å². The number of nitrogens with two attached hydrogens (primary N) is 1. The predicted octanol–water partition coefficient (Wildman–Crippen LogP) is 2.55. The fourth-order valence-electron chi connectivity index (χ4n) is 3.25. The number of aryl methyl sites for hydroxylation is 1. The van der Waals surface area contributed by atoms with Gasteiger partial charge in [-0.2, -0.15) is 0 Å². The van der Waals surface area contributed by atoms with Crippen molar-refractivity contribution in [3.8, 4) is 0 Å². The normalized spacial score (nSPS) is 26.2. The van der Waals surface area contributed by atoms with Gasteiger partial charge in [0.25, 0.3) is 0 Å². The zero-order valence-corrected chi connectivity index (χ0v) is 12.3. The molecule has 20 heavy (non-hydrogen) atoms. The van der Waals surface area contributed by atoms with Gasteiger partial charge < -0.3 is 15.7 Å². The van der Waals surface area contributed by atoms with Crippen LogP contribution in [0.5, 0.6) is 0 Å². The van der Waals surface area contributed by atoms with Crippen LogP contribution in [0.4, 0.5) is 5.69 Å². The van der Waals surface area contributed by atoms with Gasteiger partial charge in [0.2, 0.25) is 0 Å². The van der Waals surface area contributed by atoms with E-state index in [1.807, 2.05) is 12.1 Å². The molecule has 2 unspecified atom stereocenters. The second-order valence-corrected chi connectivity index (χ2v) is 5.78. The average molecular weight is 276 g/mol. The Morgan fingerprint density at radius 1 is 1.50 bits per heavy atom. The van der Waals surface area contributed by atoms with Crippen molar-refractivity contribution in [3.05, 3.63) is 29.8 Å². The zero-order valence-electron chi connectivity index (χ0n) is 12.3. The Morgan fingerprint density at radius 3 is 2.80 bits per heavy atom. The lowest BCUT2D eigenvalue weighted by Gasteiger charge is -2.41. The molecular formula is C16H24N2O2. The summed E-state index contributed by atoms with van der Waals surface area (Å²) in [6.07, 6.45) is 2.97. The molecule has 1 saturated carbocycles. The third-order valence-corrected chi connectivity index (χ3v) is 4.39. The number of carboxylic acids is 1. The third kappa shape index (κ3) is 2.80. The van der Waals surface area contributed by atoms with Gasteiger partial charge in [0, 0.05) is 18.3 Å². The quantitative estimate of drug-likeness (QED) is 0.887. The van der Waals surface area contributed by atoms with Crippen LogP contribution in [0.3, 0.4) is 0 Å². The molecule has 0 bridgehead atoms. The molecule has 0 spiro atoms. The lowest BCUT2D eigenvalue weighted by Crippen LogP contribution is -2.55. The summed E-state index contributed by atoms with van der Waals surface area (Å²) in [5, 5.41) is 9.35. The molecule has 2 rings (SSSR count). The van der Waals surface area contributed by atoms with E-state index < -0.39 is 11.5 Å². The minimum Gasteiger partial charge on any atom is -0.480 e. The summed E-state index contributed by atoms with van der Waals surface area (Å²) in [7, 11) is 0. The highest BCUT2D eigenvalue weighted by molar-refractivity contribution is 5.78. The first-order valence-electron chi connectivity index (χ1n) is 7.32. The van der Waals surface area contributed by atoms with E-state index in [2.05, 4.69) is 30.9 Å². The number of hydrogen-bond donors (Lipinski definition) is 2. The van der Waals surface area contributed by atoms with Crippen LogP contribution in [0.2, 0.25) is 0 Å². The molecule has 0 aliphatic heterocycles. The van der Waals surface area contributed by atoms with E-state index in [-0.39, 0.29) is 6.04 Å². The van der Waals surface area contributed by atoms with Crippen LogP contribution >= 0.6 is 0 Å². The molecule has 0 saturated heterocycles. The number of benzene rings is 1. The Morgan fingerprint density at radius 2 is 2.20 bits per heavy atom. The van der Waals surface area contributed by atoms with Crippen molar-refractivity contribution in [2.75, 3.05) is 11.4 Å². The van der Waals surface area contributed by atoms with Gasteiger partial charge in [0.1, 0.15) is 5.54 Å². The smallest absolute Gasteiger partial charge is 0.323 e. The molecule has 3 N–H and O–H groups in total. The van der Waals surface area contributed by atoms with E-state index in [1.165, 1.54) is 11.3 Å². The molecule has 1 aromatic carbocycles. The van der Waals surface area contributed by atoms with Gasteiger partial charge in [-0.05, 0) is 51.2 Å². The van der Waals surface area contributed by atoms with E-state index >= 15 is 0 Å². The standard InChI is InChI=1S/C16H24N2O2/c1-3-18(14-9-5-4-7-12(14)2)13-8-6-10-16(17,11-13)15(19)20/h4-5,7,9,13H,3,6,8,10-11,17H2,1-2H3,(H,19,20). The number of hydrogen-bond acceptors (Lipinski definition) is 3. The molecule has 1 fully saturated rings. The van der Waals surface area contributed by atoms with Gasteiger partial charge in [0.15, 0.2) is 0 Å². The van der Waals surface area contributed by atoms with Gasteiger partial charge in [-0.3, -0.25) is 4.79 Å². The fourth-order valence-corrected chi connectivity index (χ4v) is 3.25. The van der Waals surface area contributed by atoms with Crippen molar-refractivity contribution >= 4 is 11.7 Å². The minimum absolute atomic E-state index is 0.205. The molecule has 1 aromatic rings. The maximum Gasteiger partial charge on any atom is 0.323 e. The van der Waals surface area contributed by atoms with Crippen LogP contribution in [0, 0.1) is 6.92 Å². The van der Waals surface area contributed by atoms with Crippen LogP contribution in [0.1, 0.15) is 38.2 Å². The molecule has 4 heteroatoms. The van der Waals surface area contributed by atoms with Crippen molar-refractivity contribution < 1.29 is 9.90 Å². The van der Waals surface area contributed by atoms with Crippen LogP contribution in [0.15, 0.2) is 24.3 Å². The number of aliphatic carboxylic acids is 1. The Kier molecular flexibility index (Phi) is 4.33. The maximum atomic E-state index is 11.4. The second-order valence-electron chi connectivity index (χ2n) is 5.78. The van der Waals surface area contributed by atoms with Crippen LogP contribution in [0.25, 0.3) is 0 Å². The highest BCUT2D eigenvalue weighted by Gasteiger charge is 2.41. The summed E-state index contributed by atoms with van der Waals surface area (Å²) in [6.45, 7) is 5.07. The molecule has 1 aliphatic carbocycles. The lowest BCUT2D eigenvalue weighted by molar-refractivity contribution is -0.144. The third-order valence-electron chi connectivity index (χ3n) is 4.39. The van der Waals surface area contributed by atoms with E-state index in [0.29, 0.717) is 12.8 Å². The van der Waals surface area contributed by atoms with Gasteiger partial charge in [-0.15, -0.1) is 0 Å². The summed E-state index contributed by atoms with van der Waals surface area (Å²) in [6, 6.07) is 8.45. The van der Waals surface area contributed by atoms with Gasteiger partial charge in [0.05, 0.1) is 0 Å². The fraction of sp³-hybridized carbons (Fsp3) is 0.562. The summed E-state index contributed by atoms with van der Waals surface area (Å²) in [4.78, 5) is 13.7. The van der Waals surface area contributed by atoms with Crippen LogP contribution < -0.4 is 10.6 Å². The van der Waals surface area contributed by atoms with Crippen LogP contribution in [-0.4, -0.2) is 29.2 Å². The first-order valence-corrected chi connectivity index (χ1v) is 7.32. The molecular weight excluding hydrogens is 252 g/mol. The van der Waals surface area contributed by atoms with Gasteiger partial charge in [-0.1, -0.05) is 18.2 Å². The summed E-state index contributed by atoms with van der Waals surface area (Å²) in [5.74, 6) is -0.872. The zero-order chi connectivity index (χ0) is 14.8. The molecule has 1 aliphatic rings. The van der Waals surface area contributed by atoms with Crippen molar-refractivity contribution in [3.63, 3.8) is 0 Å². The number of carboxylic acid groups (broad SMARTS) is 1. The van der Waals surface area contributed by atoms with Crippen molar-refractivity contribution in [1.82, 2.24) is 0 Å². The van der Waals surface area contributed by atoms with E-state index in [1.54, 1.807) is 0 Å².